The number of nitrogens with zero attached hydrogens (tertiary/aromatic N) is 6. The zero-order valence-electron chi connectivity index (χ0n) is 18.0. The fourth-order valence-electron chi connectivity index (χ4n) is 3.36. The van der Waals surface area contributed by atoms with E-state index in [2.05, 4.69) is 40.7 Å². The number of halogens is 2. The fourth-order valence-corrected chi connectivity index (χ4v) is 3.82. The summed E-state index contributed by atoms with van der Waals surface area (Å²) in [7, 11) is 1.89. The Bertz CT molecular complexity index is 1160. The molecule has 3 aromatic heterocycles. The van der Waals surface area contributed by atoms with Crippen LogP contribution in [0.1, 0.15) is 37.9 Å². The van der Waals surface area contributed by atoms with E-state index in [1.807, 2.05) is 32.0 Å². The molecule has 0 saturated carbocycles. The minimum atomic E-state index is 0.249. The maximum absolute atomic E-state index is 9.26. The number of hydrazine groups is 1. The van der Waals surface area contributed by atoms with Gasteiger partial charge in [-0.2, -0.15) is 10.4 Å². The van der Waals surface area contributed by atoms with Gasteiger partial charge < -0.3 is 5.32 Å². The van der Waals surface area contributed by atoms with Gasteiger partial charge in [0.1, 0.15) is 21.9 Å². The highest BCUT2D eigenvalue weighted by molar-refractivity contribution is 6.32. The number of allylic oxidation sites excluding steroid dienone is 1. The molecular formula is C21H24Cl2N8. The van der Waals surface area contributed by atoms with Crippen molar-refractivity contribution in [1.82, 2.24) is 25.2 Å². The van der Waals surface area contributed by atoms with Crippen LogP contribution in [0.15, 0.2) is 30.1 Å². The Kier molecular flexibility index (Phi) is 6.88. The average Bonchev–Trinajstić information content (AvgIpc) is 2.98. The second-order valence-electron chi connectivity index (χ2n) is 7.30. The molecule has 0 aliphatic carbocycles. The van der Waals surface area contributed by atoms with Crippen LogP contribution in [-0.4, -0.2) is 26.3 Å². The van der Waals surface area contributed by atoms with Crippen LogP contribution in [0.5, 0.6) is 0 Å². The van der Waals surface area contributed by atoms with E-state index in [4.69, 9.17) is 28.2 Å². The lowest BCUT2D eigenvalue weighted by Gasteiger charge is -2.26. The van der Waals surface area contributed by atoms with Gasteiger partial charge in [-0.25, -0.2) is 9.97 Å². The first-order valence-electron chi connectivity index (χ1n) is 9.81. The molecule has 0 saturated heterocycles. The van der Waals surface area contributed by atoms with Gasteiger partial charge in [0.05, 0.1) is 17.8 Å². The van der Waals surface area contributed by atoms with Gasteiger partial charge in [-0.3, -0.25) is 15.1 Å². The SMILES string of the molecule is CCN(N/C(=C\C#N)Nc1cc(Cl)nc(Cl)c1)c1cc(C(C)C)c2c(C)nn(C)c2n1. The van der Waals surface area contributed by atoms with Crippen molar-refractivity contribution in [3.63, 3.8) is 0 Å². The molecule has 0 aliphatic rings. The van der Waals surface area contributed by atoms with Crippen molar-refractivity contribution in [3.05, 3.63) is 51.7 Å². The van der Waals surface area contributed by atoms with Gasteiger partial charge >= 0.3 is 0 Å². The number of nitrogens with one attached hydrogen (secondary N) is 2. The molecule has 162 valence electrons. The molecule has 0 bridgehead atoms. The summed E-state index contributed by atoms with van der Waals surface area (Å²) in [5, 5.41) is 20.3. The van der Waals surface area contributed by atoms with E-state index >= 15 is 0 Å². The Labute approximate surface area is 191 Å². The number of rotatable bonds is 7. The summed E-state index contributed by atoms with van der Waals surface area (Å²) in [4.78, 5) is 8.77. The van der Waals surface area contributed by atoms with E-state index in [0.717, 1.165) is 28.1 Å². The van der Waals surface area contributed by atoms with E-state index in [-0.39, 0.29) is 10.3 Å². The lowest BCUT2D eigenvalue weighted by Crippen LogP contribution is -2.40. The Morgan fingerprint density at radius 1 is 1.26 bits per heavy atom. The molecule has 3 heterocycles. The minimum absolute atomic E-state index is 0.249. The number of aryl methyl sites for hydroxylation is 2. The zero-order chi connectivity index (χ0) is 22.7. The molecule has 3 rings (SSSR count). The first kappa shape index (κ1) is 22.7. The Morgan fingerprint density at radius 2 is 1.94 bits per heavy atom. The molecule has 0 atom stereocenters. The maximum Gasteiger partial charge on any atom is 0.160 e. The molecule has 10 heteroatoms. The van der Waals surface area contributed by atoms with E-state index < -0.39 is 0 Å². The predicted octanol–water partition coefficient (Wildman–Crippen LogP) is 4.91. The standard InChI is InChI=1S/C21H24Cl2N8/c1-6-31(29-18(7-8-24)25-14-9-16(22)26-17(23)10-14)19-11-15(12(2)3)20-13(4)28-30(5)21(20)27-19/h7,9-12,29H,6H2,1-5H3,(H,25,26)/b18-7-. The van der Waals surface area contributed by atoms with Crippen molar-refractivity contribution < 1.29 is 0 Å². The largest absolute Gasteiger partial charge is 0.340 e. The van der Waals surface area contributed by atoms with Crippen LogP contribution >= 0.6 is 23.2 Å². The summed E-state index contributed by atoms with van der Waals surface area (Å²) < 4.78 is 1.79. The van der Waals surface area contributed by atoms with Gasteiger partial charge in [0.2, 0.25) is 0 Å². The summed E-state index contributed by atoms with van der Waals surface area (Å²) in [6, 6.07) is 7.34. The highest BCUT2D eigenvalue weighted by atomic mass is 35.5. The minimum Gasteiger partial charge on any atom is -0.340 e. The number of fused-ring (bicyclic) bond motifs is 1. The third-order valence-electron chi connectivity index (χ3n) is 4.71. The predicted molar refractivity (Wildman–Crippen MR) is 125 cm³/mol. The fraction of sp³-hybridized carbons (Fsp3) is 0.333. The smallest absolute Gasteiger partial charge is 0.160 e. The van der Waals surface area contributed by atoms with Crippen molar-refractivity contribution in [3.8, 4) is 6.07 Å². The second kappa shape index (κ2) is 9.41. The summed E-state index contributed by atoms with van der Waals surface area (Å²) in [6.45, 7) is 8.87. The van der Waals surface area contributed by atoms with E-state index in [1.54, 1.807) is 16.8 Å². The second-order valence-corrected chi connectivity index (χ2v) is 8.08. The summed E-state index contributed by atoms with van der Waals surface area (Å²) >= 11 is 12.0. The number of pyridine rings is 2. The highest BCUT2D eigenvalue weighted by Gasteiger charge is 2.18. The number of hydrogen-bond donors (Lipinski definition) is 2. The number of hydrogen-bond acceptors (Lipinski definition) is 7. The van der Waals surface area contributed by atoms with E-state index in [0.29, 0.717) is 24.0 Å². The average molecular weight is 459 g/mol. The third-order valence-corrected chi connectivity index (χ3v) is 5.09. The van der Waals surface area contributed by atoms with Gasteiger partial charge in [0.25, 0.3) is 0 Å². The van der Waals surface area contributed by atoms with Crippen LogP contribution in [0.3, 0.4) is 0 Å². The molecule has 0 amide bonds. The molecule has 3 aromatic rings. The lowest BCUT2D eigenvalue weighted by molar-refractivity contribution is 0.712. The Morgan fingerprint density at radius 3 is 2.52 bits per heavy atom. The van der Waals surface area contributed by atoms with Crippen molar-refractivity contribution >= 4 is 45.7 Å². The quantitative estimate of drug-likeness (QED) is 0.295. The Hall–Kier alpha value is -3.02. The van der Waals surface area contributed by atoms with Gasteiger partial charge in [-0.15, -0.1) is 0 Å². The molecule has 2 N–H and O–H groups in total. The monoisotopic (exact) mass is 458 g/mol. The Balaban J connectivity index is 1.98. The summed E-state index contributed by atoms with van der Waals surface area (Å²) in [5.41, 5.74) is 6.76. The molecule has 0 aromatic carbocycles. The first-order valence-corrected chi connectivity index (χ1v) is 10.6. The summed E-state index contributed by atoms with van der Waals surface area (Å²) in [6.07, 6.45) is 1.36. The zero-order valence-corrected chi connectivity index (χ0v) is 19.5. The van der Waals surface area contributed by atoms with Gasteiger partial charge in [0, 0.05) is 24.7 Å². The molecule has 0 spiro atoms. The highest BCUT2D eigenvalue weighted by Crippen LogP contribution is 2.30. The number of anilines is 2. The molecule has 0 fully saturated rings. The van der Waals surface area contributed by atoms with Crippen molar-refractivity contribution in [1.29, 1.82) is 5.26 Å². The van der Waals surface area contributed by atoms with Crippen LogP contribution in [0.25, 0.3) is 11.0 Å². The number of aromatic nitrogens is 4. The molecule has 8 nitrogen and oxygen atoms in total. The summed E-state index contributed by atoms with van der Waals surface area (Å²) in [5.74, 6) is 1.45. The van der Waals surface area contributed by atoms with E-state index in [1.165, 1.54) is 6.08 Å². The van der Waals surface area contributed by atoms with E-state index in [9.17, 15) is 5.26 Å². The van der Waals surface area contributed by atoms with Crippen LogP contribution in [0.2, 0.25) is 10.3 Å². The lowest BCUT2D eigenvalue weighted by atomic mass is 10.00. The van der Waals surface area contributed by atoms with Crippen LogP contribution in [0.4, 0.5) is 11.5 Å². The number of nitriles is 1. The molecular weight excluding hydrogens is 435 g/mol. The van der Waals surface area contributed by atoms with Gasteiger partial charge in [0.15, 0.2) is 5.65 Å². The molecule has 31 heavy (non-hydrogen) atoms. The van der Waals surface area contributed by atoms with Crippen LogP contribution < -0.4 is 15.8 Å². The first-order chi connectivity index (χ1) is 14.7. The maximum atomic E-state index is 9.26. The van der Waals surface area contributed by atoms with Crippen LogP contribution in [-0.2, 0) is 7.05 Å². The van der Waals surface area contributed by atoms with Gasteiger partial charge in [-0.1, -0.05) is 37.0 Å². The van der Waals surface area contributed by atoms with Crippen molar-refractivity contribution in [2.75, 3.05) is 16.9 Å². The van der Waals surface area contributed by atoms with Crippen molar-refractivity contribution in [2.45, 2.75) is 33.6 Å². The normalized spacial score (nSPS) is 11.6. The third kappa shape index (κ3) is 5.01. The molecule has 0 aliphatic heterocycles. The topological polar surface area (TPSA) is 94.7 Å². The molecule has 0 radical (unpaired) electrons. The van der Waals surface area contributed by atoms with Gasteiger partial charge in [-0.05, 0) is 43.5 Å². The van der Waals surface area contributed by atoms with Crippen LogP contribution in [0, 0.1) is 18.3 Å². The van der Waals surface area contributed by atoms with Crippen molar-refractivity contribution in [2.24, 2.45) is 7.05 Å². The molecule has 0 unspecified atom stereocenters.